The highest BCUT2D eigenvalue weighted by Crippen LogP contribution is 2.19. The van der Waals surface area contributed by atoms with Gasteiger partial charge in [-0.2, -0.15) is 0 Å². The van der Waals surface area contributed by atoms with Gasteiger partial charge in [-0.25, -0.2) is 0 Å². The third-order valence-electron chi connectivity index (χ3n) is 5.64. The molecule has 1 atom stereocenters. The number of hydrogen-bond donors (Lipinski definition) is 0. The van der Waals surface area contributed by atoms with Crippen LogP contribution in [-0.2, 0) is 9.53 Å². The second-order valence-corrected chi connectivity index (χ2v) is 7.81. The summed E-state index contributed by atoms with van der Waals surface area (Å²) >= 11 is 0. The summed E-state index contributed by atoms with van der Waals surface area (Å²) in [6.07, 6.45) is 19.0. The molecule has 0 aliphatic carbocycles. The van der Waals surface area contributed by atoms with E-state index in [0.29, 0.717) is 12.2 Å². The van der Waals surface area contributed by atoms with E-state index in [1.54, 1.807) is 7.11 Å². The van der Waals surface area contributed by atoms with Crippen molar-refractivity contribution in [1.82, 2.24) is 0 Å². The standard InChI is InChI=1S/C24H46O2/c1-6-8-9-10-11-12-13-14-15-16-17-18-19-20-24(25)23(7-2)21(3)22(4)26-5/h22H,6-20H2,1-5H3/b23-21+. The van der Waals surface area contributed by atoms with Gasteiger partial charge in [-0.3, -0.25) is 4.79 Å². The molecule has 0 heterocycles. The number of ketones is 1. The van der Waals surface area contributed by atoms with Crippen LogP contribution in [0.5, 0.6) is 0 Å². The molecule has 2 nitrogen and oxygen atoms in total. The van der Waals surface area contributed by atoms with Crippen LogP contribution in [-0.4, -0.2) is 19.0 Å². The summed E-state index contributed by atoms with van der Waals surface area (Å²) < 4.78 is 5.36. The molecule has 0 aliphatic rings. The number of carbonyl (C=O) groups is 1. The van der Waals surface area contributed by atoms with Crippen LogP contribution in [0, 0.1) is 0 Å². The second-order valence-electron chi connectivity index (χ2n) is 7.81. The van der Waals surface area contributed by atoms with Gasteiger partial charge >= 0.3 is 0 Å². The van der Waals surface area contributed by atoms with Gasteiger partial charge in [-0.15, -0.1) is 0 Å². The Hall–Kier alpha value is -0.630. The number of ether oxygens (including phenoxy) is 1. The van der Waals surface area contributed by atoms with Crippen LogP contribution in [0.15, 0.2) is 11.1 Å². The molecule has 0 saturated heterocycles. The first-order valence-corrected chi connectivity index (χ1v) is 11.3. The molecule has 0 aliphatic heterocycles. The van der Waals surface area contributed by atoms with Gasteiger partial charge in [-0.1, -0.05) is 90.9 Å². The average Bonchev–Trinajstić information content (AvgIpc) is 2.65. The molecule has 0 radical (unpaired) electrons. The summed E-state index contributed by atoms with van der Waals surface area (Å²) in [4.78, 5) is 12.4. The molecule has 0 N–H and O–H groups in total. The Balaban J connectivity index is 3.64. The van der Waals surface area contributed by atoms with Gasteiger partial charge in [0.25, 0.3) is 0 Å². The van der Waals surface area contributed by atoms with Gasteiger partial charge in [-0.05, 0) is 37.8 Å². The van der Waals surface area contributed by atoms with Crippen molar-refractivity contribution in [2.24, 2.45) is 0 Å². The van der Waals surface area contributed by atoms with E-state index in [0.717, 1.165) is 24.0 Å². The number of carbonyl (C=O) groups excluding carboxylic acids is 1. The van der Waals surface area contributed by atoms with E-state index in [1.807, 2.05) is 13.8 Å². The predicted molar refractivity (Wildman–Crippen MR) is 115 cm³/mol. The molecule has 0 aromatic heterocycles. The van der Waals surface area contributed by atoms with Gasteiger partial charge < -0.3 is 4.74 Å². The molecule has 0 aromatic carbocycles. The number of rotatable bonds is 18. The summed E-state index contributed by atoms with van der Waals surface area (Å²) in [5.41, 5.74) is 2.09. The van der Waals surface area contributed by atoms with Gasteiger partial charge in [0.1, 0.15) is 0 Å². The maximum atomic E-state index is 12.4. The topological polar surface area (TPSA) is 26.3 Å². The minimum Gasteiger partial charge on any atom is -0.377 e. The van der Waals surface area contributed by atoms with Crippen molar-refractivity contribution in [3.05, 3.63) is 11.1 Å². The van der Waals surface area contributed by atoms with Gasteiger partial charge in [0.05, 0.1) is 6.10 Å². The first-order chi connectivity index (χ1) is 12.6. The molecule has 26 heavy (non-hydrogen) atoms. The fourth-order valence-electron chi connectivity index (χ4n) is 3.57. The third-order valence-corrected chi connectivity index (χ3v) is 5.64. The van der Waals surface area contributed by atoms with E-state index in [-0.39, 0.29) is 6.10 Å². The number of methoxy groups -OCH3 is 1. The van der Waals surface area contributed by atoms with E-state index in [1.165, 1.54) is 77.0 Å². The lowest BCUT2D eigenvalue weighted by Gasteiger charge is -2.15. The SMILES string of the molecule is CCCCCCCCCCCCCCCC(=O)/C(CC)=C(\C)C(C)OC. The number of allylic oxidation sites excluding steroid dienone is 1. The minimum absolute atomic E-state index is 0.0422. The molecule has 0 amide bonds. The Morgan fingerprint density at radius 3 is 1.58 bits per heavy atom. The minimum atomic E-state index is 0.0422. The lowest BCUT2D eigenvalue weighted by atomic mass is 9.95. The lowest BCUT2D eigenvalue weighted by molar-refractivity contribution is -0.115. The first kappa shape index (κ1) is 25.4. The highest BCUT2D eigenvalue weighted by atomic mass is 16.5. The maximum absolute atomic E-state index is 12.4. The van der Waals surface area contributed by atoms with Crippen LogP contribution < -0.4 is 0 Å². The molecular formula is C24H46O2. The number of hydrogen-bond acceptors (Lipinski definition) is 2. The molecule has 154 valence electrons. The van der Waals surface area contributed by atoms with Gasteiger partial charge in [0, 0.05) is 13.5 Å². The Bertz CT molecular complexity index is 370. The van der Waals surface area contributed by atoms with E-state index < -0.39 is 0 Å². The Morgan fingerprint density at radius 1 is 0.769 bits per heavy atom. The van der Waals surface area contributed by atoms with E-state index in [2.05, 4.69) is 13.8 Å². The zero-order valence-corrected chi connectivity index (χ0v) is 18.5. The van der Waals surface area contributed by atoms with Crippen molar-refractivity contribution >= 4 is 5.78 Å². The van der Waals surface area contributed by atoms with Crippen molar-refractivity contribution in [1.29, 1.82) is 0 Å². The van der Waals surface area contributed by atoms with E-state index in [9.17, 15) is 4.79 Å². The average molecular weight is 367 g/mol. The Labute approximate surface area is 164 Å². The largest absolute Gasteiger partial charge is 0.377 e. The molecular weight excluding hydrogens is 320 g/mol. The smallest absolute Gasteiger partial charge is 0.158 e. The van der Waals surface area contributed by atoms with Crippen LogP contribution in [0.3, 0.4) is 0 Å². The third kappa shape index (κ3) is 12.7. The molecule has 0 rings (SSSR count). The maximum Gasteiger partial charge on any atom is 0.158 e. The molecule has 2 heteroatoms. The normalized spacial score (nSPS) is 13.6. The zero-order chi connectivity index (χ0) is 19.6. The van der Waals surface area contributed by atoms with Gasteiger partial charge in [0.2, 0.25) is 0 Å². The van der Waals surface area contributed by atoms with Crippen LogP contribution in [0.4, 0.5) is 0 Å². The summed E-state index contributed by atoms with van der Waals surface area (Å²) in [5, 5.41) is 0. The van der Waals surface area contributed by atoms with Crippen molar-refractivity contribution < 1.29 is 9.53 Å². The fraction of sp³-hybridized carbons (Fsp3) is 0.875. The molecule has 0 saturated carbocycles. The Morgan fingerprint density at radius 2 is 1.19 bits per heavy atom. The molecule has 0 fully saturated rings. The van der Waals surface area contributed by atoms with Crippen LogP contribution in [0.25, 0.3) is 0 Å². The fourth-order valence-corrected chi connectivity index (χ4v) is 3.57. The monoisotopic (exact) mass is 366 g/mol. The van der Waals surface area contributed by atoms with Crippen molar-refractivity contribution in [3.8, 4) is 0 Å². The summed E-state index contributed by atoms with van der Waals surface area (Å²) in [6.45, 7) is 8.40. The predicted octanol–water partition coefficient (Wildman–Crippen LogP) is 7.80. The lowest BCUT2D eigenvalue weighted by Crippen LogP contribution is -2.13. The van der Waals surface area contributed by atoms with E-state index in [4.69, 9.17) is 4.74 Å². The van der Waals surface area contributed by atoms with Crippen molar-refractivity contribution in [2.45, 2.75) is 130 Å². The second kappa shape index (κ2) is 17.8. The molecule has 0 aromatic rings. The van der Waals surface area contributed by atoms with Crippen molar-refractivity contribution in [2.75, 3.05) is 7.11 Å². The quantitative estimate of drug-likeness (QED) is 0.183. The summed E-state index contributed by atoms with van der Waals surface area (Å²) in [6, 6.07) is 0. The Kier molecular flexibility index (Phi) is 17.3. The number of Topliss-reactive ketones (excluding diaryl/α,β-unsaturated/α-hetero) is 1. The molecule has 1 unspecified atom stereocenters. The first-order valence-electron chi connectivity index (χ1n) is 11.3. The zero-order valence-electron chi connectivity index (χ0n) is 18.5. The molecule has 0 spiro atoms. The van der Waals surface area contributed by atoms with Crippen LogP contribution in [0.1, 0.15) is 124 Å². The number of unbranched alkanes of at least 4 members (excludes halogenated alkanes) is 12. The van der Waals surface area contributed by atoms with E-state index >= 15 is 0 Å². The summed E-state index contributed by atoms with van der Waals surface area (Å²) in [5.74, 6) is 0.331. The van der Waals surface area contributed by atoms with Crippen LogP contribution in [0.2, 0.25) is 0 Å². The summed E-state index contributed by atoms with van der Waals surface area (Å²) in [7, 11) is 1.71. The van der Waals surface area contributed by atoms with Crippen LogP contribution >= 0.6 is 0 Å². The van der Waals surface area contributed by atoms with Crippen molar-refractivity contribution in [3.63, 3.8) is 0 Å². The van der Waals surface area contributed by atoms with Gasteiger partial charge in [0.15, 0.2) is 5.78 Å². The highest BCUT2D eigenvalue weighted by Gasteiger charge is 2.14. The highest BCUT2D eigenvalue weighted by molar-refractivity contribution is 5.96. The molecule has 0 bridgehead atoms.